The van der Waals surface area contributed by atoms with Crippen molar-refractivity contribution in [2.75, 3.05) is 13.1 Å². The zero-order valence-corrected chi connectivity index (χ0v) is 31.0. The van der Waals surface area contributed by atoms with Gasteiger partial charge in [0.2, 0.25) is 11.8 Å². The van der Waals surface area contributed by atoms with Gasteiger partial charge >= 0.3 is 0 Å². The molecule has 0 aromatic heterocycles. The summed E-state index contributed by atoms with van der Waals surface area (Å²) in [7, 11) is 0. The molecule has 6 heteroatoms. The van der Waals surface area contributed by atoms with E-state index in [1.807, 2.05) is 27.7 Å². The fourth-order valence-electron chi connectivity index (χ4n) is 11.9. The summed E-state index contributed by atoms with van der Waals surface area (Å²) in [6.45, 7) is 28.4. The maximum absolute atomic E-state index is 14.7. The highest BCUT2D eigenvalue weighted by Crippen LogP contribution is 2.75. The molecule has 0 unspecified atom stereocenters. The first-order valence-corrected chi connectivity index (χ1v) is 18.1. The second-order valence-corrected chi connectivity index (χ2v) is 19.5. The highest BCUT2D eigenvalue weighted by molar-refractivity contribution is 5.96. The molecule has 2 amide bonds. The summed E-state index contributed by atoms with van der Waals surface area (Å²) in [4.78, 5) is 43.9. The van der Waals surface area contributed by atoms with E-state index >= 15 is 0 Å². The highest BCUT2D eigenvalue weighted by Gasteiger charge is 2.70. The Morgan fingerprint density at radius 1 is 0.957 bits per heavy atom. The molecule has 0 spiro atoms. The average molecular weight is 637 g/mol. The van der Waals surface area contributed by atoms with E-state index in [-0.39, 0.29) is 74.7 Å². The molecule has 5 rings (SSSR count). The SMILES string of the molecule is C=C(C)CN(CC(=O)NC(C)(C)C)C(=O)[C@@]1(C)CC[C@]2(C)CC[C@]3(C)C(=CC(=O)[C@@H]4[C@@]5(C)CC[C@H](O)C(C)(C)[C@@H]5CC[C@]43C)[C@@H]2C1. The minimum atomic E-state index is -0.630. The highest BCUT2D eigenvalue weighted by atomic mass is 16.3. The Kier molecular flexibility index (Phi) is 8.48. The Labute approximate surface area is 279 Å². The van der Waals surface area contributed by atoms with E-state index in [1.165, 1.54) is 5.57 Å². The van der Waals surface area contributed by atoms with E-state index < -0.39 is 5.41 Å². The van der Waals surface area contributed by atoms with Gasteiger partial charge in [0.1, 0.15) is 0 Å². The van der Waals surface area contributed by atoms with Crippen LogP contribution in [-0.2, 0) is 14.4 Å². The smallest absolute Gasteiger partial charge is 0.240 e. The van der Waals surface area contributed by atoms with E-state index in [1.54, 1.807) is 4.90 Å². The summed E-state index contributed by atoms with van der Waals surface area (Å²) in [6.07, 6.45) is 9.99. The predicted octanol–water partition coefficient (Wildman–Crippen LogP) is 7.65. The largest absolute Gasteiger partial charge is 0.393 e. The first-order valence-electron chi connectivity index (χ1n) is 18.1. The van der Waals surface area contributed by atoms with Gasteiger partial charge in [0.25, 0.3) is 0 Å². The molecule has 0 heterocycles. The number of hydrogen-bond acceptors (Lipinski definition) is 4. The fourth-order valence-corrected chi connectivity index (χ4v) is 11.9. The summed E-state index contributed by atoms with van der Waals surface area (Å²) in [5.41, 5.74) is 0.511. The quantitative estimate of drug-likeness (QED) is 0.304. The Morgan fingerprint density at radius 2 is 1.59 bits per heavy atom. The number of fused-ring (bicyclic) bond motifs is 7. The molecule has 0 aromatic rings. The van der Waals surface area contributed by atoms with Gasteiger partial charge in [-0.15, -0.1) is 0 Å². The lowest BCUT2D eigenvalue weighted by Crippen LogP contribution is -2.66. The van der Waals surface area contributed by atoms with Crippen LogP contribution in [0.5, 0.6) is 0 Å². The molecular weight excluding hydrogens is 572 g/mol. The second kappa shape index (κ2) is 11.0. The molecule has 0 aliphatic heterocycles. The second-order valence-electron chi connectivity index (χ2n) is 19.5. The molecule has 0 bridgehead atoms. The molecule has 46 heavy (non-hydrogen) atoms. The van der Waals surface area contributed by atoms with Crippen LogP contribution in [0, 0.1) is 50.2 Å². The maximum Gasteiger partial charge on any atom is 0.240 e. The van der Waals surface area contributed by atoms with Crippen molar-refractivity contribution in [2.24, 2.45) is 50.2 Å². The first-order chi connectivity index (χ1) is 20.9. The van der Waals surface area contributed by atoms with Crippen LogP contribution >= 0.6 is 0 Å². The maximum atomic E-state index is 14.7. The van der Waals surface area contributed by atoms with E-state index in [9.17, 15) is 19.5 Å². The topological polar surface area (TPSA) is 86.7 Å². The van der Waals surface area contributed by atoms with Crippen LogP contribution in [0.1, 0.15) is 134 Å². The molecule has 5 aliphatic rings. The lowest BCUT2D eigenvalue weighted by atomic mass is 9.33. The van der Waals surface area contributed by atoms with E-state index in [2.05, 4.69) is 66.4 Å². The van der Waals surface area contributed by atoms with Crippen LogP contribution < -0.4 is 5.32 Å². The minimum absolute atomic E-state index is 0.0178. The van der Waals surface area contributed by atoms with Crippen molar-refractivity contribution in [1.82, 2.24) is 10.2 Å². The number of carbonyl (C=O) groups is 3. The lowest BCUT2D eigenvalue weighted by Gasteiger charge is -2.70. The molecule has 4 fully saturated rings. The van der Waals surface area contributed by atoms with E-state index in [0.29, 0.717) is 18.9 Å². The number of hydrogen-bond donors (Lipinski definition) is 2. The molecule has 6 nitrogen and oxygen atoms in total. The molecule has 2 N–H and O–H groups in total. The normalized spacial score (nSPS) is 43.2. The Morgan fingerprint density at radius 3 is 2.20 bits per heavy atom. The Bertz CT molecular complexity index is 1340. The Hall–Kier alpha value is -1.95. The van der Waals surface area contributed by atoms with Crippen molar-refractivity contribution >= 4 is 17.6 Å². The van der Waals surface area contributed by atoms with Gasteiger partial charge in [-0.2, -0.15) is 0 Å². The third-order valence-electron chi connectivity index (χ3n) is 14.7. The first kappa shape index (κ1) is 35.4. The summed E-state index contributed by atoms with van der Waals surface area (Å²) in [5.74, 6) is 0.535. The summed E-state index contributed by atoms with van der Waals surface area (Å²) in [5, 5.41) is 14.1. The van der Waals surface area contributed by atoms with Gasteiger partial charge in [-0.3, -0.25) is 14.4 Å². The van der Waals surface area contributed by atoms with Crippen molar-refractivity contribution < 1.29 is 19.5 Å². The molecule has 0 aromatic carbocycles. The number of rotatable bonds is 5. The zero-order chi connectivity index (χ0) is 34.5. The van der Waals surface area contributed by atoms with Gasteiger partial charge in [0.15, 0.2) is 5.78 Å². The Balaban J connectivity index is 1.50. The molecular formula is C40H64N2O4. The van der Waals surface area contributed by atoms with E-state index in [4.69, 9.17) is 0 Å². The van der Waals surface area contributed by atoms with Crippen molar-refractivity contribution in [3.05, 3.63) is 23.8 Å². The number of aliphatic hydroxyl groups excluding tert-OH is 1. The molecule has 258 valence electrons. The third kappa shape index (κ3) is 5.35. The summed E-state index contributed by atoms with van der Waals surface area (Å²) in [6, 6.07) is 0. The summed E-state index contributed by atoms with van der Waals surface area (Å²) < 4.78 is 0. The number of nitrogens with zero attached hydrogens (tertiary/aromatic N) is 1. The van der Waals surface area contributed by atoms with E-state index in [0.717, 1.165) is 56.9 Å². The van der Waals surface area contributed by atoms with Crippen molar-refractivity contribution in [1.29, 1.82) is 0 Å². The van der Waals surface area contributed by atoms with Crippen LogP contribution in [0.15, 0.2) is 23.8 Å². The van der Waals surface area contributed by atoms with Gasteiger partial charge < -0.3 is 15.3 Å². The molecule has 0 radical (unpaired) electrons. The number of amides is 2. The van der Waals surface area contributed by atoms with Gasteiger partial charge in [-0.25, -0.2) is 0 Å². The summed E-state index contributed by atoms with van der Waals surface area (Å²) >= 11 is 0. The third-order valence-corrected chi connectivity index (χ3v) is 14.7. The molecule has 9 atom stereocenters. The average Bonchev–Trinajstić information content (AvgIpc) is 2.91. The zero-order valence-electron chi connectivity index (χ0n) is 31.0. The van der Waals surface area contributed by atoms with Gasteiger partial charge in [-0.1, -0.05) is 66.2 Å². The van der Waals surface area contributed by atoms with Crippen LogP contribution in [0.4, 0.5) is 0 Å². The number of aliphatic hydroxyl groups is 1. The monoisotopic (exact) mass is 636 g/mol. The number of ketones is 1. The molecule has 0 saturated heterocycles. The standard InChI is InChI=1S/C40H64N2O4/c1-25(2)23-42(24-31(45)41-34(3,4)5)33(46)37(9)18-17-36(8)19-20-39(11)26(27(36)22-37)21-28(43)32-38(10)15-14-30(44)35(6,7)29(38)13-16-40(32,39)12/h21,27,29-30,32,44H,1,13-20,22-24H2,2-12H3,(H,41,45)/t27-,29-,30-,32+,36+,37-,38-,39+,40+/m0/s1. The fraction of sp³-hybridized carbons (Fsp3) is 0.825. The van der Waals surface area contributed by atoms with Gasteiger partial charge in [0.05, 0.1) is 12.6 Å². The van der Waals surface area contributed by atoms with Gasteiger partial charge in [-0.05, 0) is 130 Å². The van der Waals surface area contributed by atoms with Crippen molar-refractivity contribution in [3.63, 3.8) is 0 Å². The van der Waals surface area contributed by atoms with Crippen molar-refractivity contribution in [3.8, 4) is 0 Å². The number of nitrogens with one attached hydrogen (secondary N) is 1. The van der Waals surface area contributed by atoms with Gasteiger partial charge in [0, 0.05) is 23.4 Å². The predicted molar refractivity (Wildman–Crippen MR) is 185 cm³/mol. The molecule has 4 saturated carbocycles. The number of carbonyl (C=O) groups excluding carboxylic acids is 3. The van der Waals surface area contributed by atoms with Crippen LogP contribution in [0.3, 0.4) is 0 Å². The number of allylic oxidation sites excluding steroid dienone is 2. The minimum Gasteiger partial charge on any atom is -0.393 e. The molecule has 5 aliphatic carbocycles. The lowest BCUT2D eigenvalue weighted by molar-refractivity contribution is -0.202. The van der Waals surface area contributed by atoms with Crippen LogP contribution in [0.25, 0.3) is 0 Å². The van der Waals surface area contributed by atoms with Crippen LogP contribution in [0.2, 0.25) is 0 Å². The van der Waals surface area contributed by atoms with Crippen LogP contribution in [-0.4, -0.2) is 52.3 Å². The van der Waals surface area contributed by atoms with Crippen molar-refractivity contribution in [2.45, 2.75) is 146 Å².